The standard InChI is InChI=1S/C12H16Cl2N2O.2ClH/c13-10-2-1-3-11(14)12(10)17-9-8-16-6-4-15-5-7-16;;/h1-3,15H,4-9H2;2*1H. The number of benzene rings is 1. The summed E-state index contributed by atoms with van der Waals surface area (Å²) >= 11 is 12.0. The van der Waals surface area contributed by atoms with Crippen molar-refractivity contribution in [3.8, 4) is 5.75 Å². The van der Waals surface area contributed by atoms with Crippen LogP contribution in [0.4, 0.5) is 0 Å². The second kappa shape index (κ2) is 9.92. The van der Waals surface area contributed by atoms with Gasteiger partial charge in [-0.3, -0.25) is 4.90 Å². The highest BCUT2D eigenvalue weighted by molar-refractivity contribution is 6.37. The number of para-hydroxylation sites is 1. The number of halogens is 4. The highest BCUT2D eigenvalue weighted by atomic mass is 35.5. The van der Waals surface area contributed by atoms with Crippen LogP contribution >= 0.6 is 48.0 Å². The molecule has 3 nitrogen and oxygen atoms in total. The van der Waals surface area contributed by atoms with Crippen LogP contribution in [0.1, 0.15) is 0 Å². The molecule has 1 aliphatic heterocycles. The highest BCUT2D eigenvalue weighted by Gasteiger charge is 2.10. The minimum Gasteiger partial charge on any atom is -0.489 e. The lowest BCUT2D eigenvalue weighted by atomic mass is 10.3. The fraction of sp³-hybridized carbons (Fsp3) is 0.500. The van der Waals surface area contributed by atoms with Crippen molar-refractivity contribution in [3.05, 3.63) is 28.2 Å². The van der Waals surface area contributed by atoms with E-state index in [2.05, 4.69) is 10.2 Å². The Hall–Kier alpha value is 0.1000. The molecule has 110 valence electrons. The van der Waals surface area contributed by atoms with Gasteiger partial charge in [-0.15, -0.1) is 24.8 Å². The second-order valence-corrected chi connectivity index (χ2v) is 4.81. The van der Waals surface area contributed by atoms with Crippen LogP contribution in [0.15, 0.2) is 18.2 Å². The Morgan fingerprint density at radius 3 is 2.26 bits per heavy atom. The van der Waals surface area contributed by atoms with Gasteiger partial charge in [-0.05, 0) is 12.1 Å². The Morgan fingerprint density at radius 2 is 1.68 bits per heavy atom. The largest absolute Gasteiger partial charge is 0.489 e. The van der Waals surface area contributed by atoms with Crippen molar-refractivity contribution in [1.82, 2.24) is 10.2 Å². The van der Waals surface area contributed by atoms with Crippen LogP contribution in [-0.4, -0.2) is 44.2 Å². The molecule has 1 aromatic rings. The van der Waals surface area contributed by atoms with E-state index in [0.29, 0.717) is 22.4 Å². The molecule has 0 spiro atoms. The van der Waals surface area contributed by atoms with Crippen molar-refractivity contribution in [2.75, 3.05) is 39.3 Å². The first-order chi connectivity index (χ1) is 8.27. The van der Waals surface area contributed by atoms with Crippen LogP contribution in [0.5, 0.6) is 5.75 Å². The molecule has 0 radical (unpaired) electrons. The third-order valence-electron chi connectivity index (χ3n) is 2.78. The number of nitrogens with one attached hydrogen (secondary N) is 1. The summed E-state index contributed by atoms with van der Waals surface area (Å²) in [5.41, 5.74) is 0. The molecule has 7 heteroatoms. The number of hydrogen-bond acceptors (Lipinski definition) is 3. The maximum absolute atomic E-state index is 6.02. The summed E-state index contributed by atoms with van der Waals surface area (Å²) in [7, 11) is 0. The molecule has 1 N–H and O–H groups in total. The summed E-state index contributed by atoms with van der Waals surface area (Å²) in [6.07, 6.45) is 0. The molecule has 1 aliphatic rings. The molecule has 0 amide bonds. The van der Waals surface area contributed by atoms with E-state index in [1.54, 1.807) is 12.1 Å². The van der Waals surface area contributed by atoms with E-state index in [1.165, 1.54) is 0 Å². The molecule has 19 heavy (non-hydrogen) atoms. The van der Waals surface area contributed by atoms with Gasteiger partial charge >= 0.3 is 0 Å². The minimum absolute atomic E-state index is 0. The Balaban J connectivity index is 0.00000162. The first kappa shape index (κ1) is 19.1. The first-order valence-electron chi connectivity index (χ1n) is 5.77. The van der Waals surface area contributed by atoms with E-state index in [-0.39, 0.29) is 24.8 Å². The van der Waals surface area contributed by atoms with Crippen molar-refractivity contribution >= 4 is 48.0 Å². The molecule has 0 aromatic heterocycles. The van der Waals surface area contributed by atoms with Crippen LogP contribution in [0.3, 0.4) is 0 Å². The van der Waals surface area contributed by atoms with Crippen LogP contribution < -0.4 is 10.1 Å². The molecule has 0 aliphatic carbocycles. The molecule has 0 unspecified atom stereocenters. The van der Waals surface area contributed by atoms with Crippen molar-refractivity contribution in [2.45, 2.75) is 0 Å². The van der Waals surface area contributed by atoms with E-state index >= 15 is 0 Å². The van der Waals surface area contributed by atoms with Gasteiger partial charge in [0.1, 0.15) is 6.61 Å². The van der Waals surface area contributed by atoms with Crippen molar-refractivity contribution in [2.24, 2.45) is 0 Å². The number of ether oxygens (including phenoxy) is 1. The van der Waals surface area contributed by atoms with E-state index < -0.39 is 0 Å². The van der Waals surface area contributed by atoms with Gasteiger partial charge in [0.2, 0.25) is 0 Å². The number of piperazine rings is 1. The van der Waals surface area contributed by atoms with E-state index in [9.17, 15) is 0 Å². The fourth-order valence-electron chi connectivity index (χ4n) is 1.83. The Morgan fingerprint density at radius 1 is 1.11 bits per heavy atom. The summed E-state index contributed by atoms with van der Waals surface area (Å²) in [5.74, 6) is 0.589. The number of rotatable bonds is 4. The average molecular weight is 348 g/mol. The van der Waals surface area contributed by atoms with Crippen LogP contribution in [-0.2, 0) is 0 Å². The topological polar surface area (TPSA) is 24.5 Å². The first-order valence-corrected chi connectivity index (χ1v) is 6.53. The zero-order chi connectivity index (χ0) is 12.1. The normalized spacial score (nSPS) is 15.3. The molecular formula is C12H18Cl4N2O. The lowest BCUT2D eigenvalue weighted by Crippen LogP contribution is -2.44. The molecule has 0 bridgehead atoms. The Kier molecular flexibility index (Phi) is 9.97. The number of nitrogens with zero attached hydrogens (tertiary/aromatic N) is 1. The van der Waals surface area contributed by atoms with E-state index in [4.69, 9.17) is 27.9 Å². The summed E-state index contributed by atoms with van der Waals surface area (Å²) in [6, 6.07) is 5.38. The zero-order valence-corrected chi connectivity index (χ0v) is 13.5. The Labute approximate surface area is 136 Å². The summed E-state index contributed by atoms with van der Waals surface area (Å²) < 4.78 is 5.64. The average Bonchev–Trinajstić information content (AvgIpc) is 2.34. The molecule has 0 atom stereocenters. The molecule has 1 aromatic carbocycles. The van der Waals surface area contributed by atoms with Gasteiger partial charge in [0, 0.05) is 32.7 Å². The monoisotopic (exact) mass is 346 g/mol. The maximum Gasteiger partial charge on any atom is 0.156 e. The van der Waals surface area contributed by atoms with Gasteiger partial charge in [0.15, 0.2) is 5.75 Å². The minimum atomic E-state index is 0. The van der Waals surface area contributed by atoms with Crippen LogP contribution in [0, 0.1) is 0 Å². The SMILES string of the molecule is Cl.Cl.Clc1cccc(Cl)c1OCCN1CCNCC1. The predicted octanol–water partition coefficient (Wildman–Crippen LogP) is 3.12. The van der Waals surface area contributed by atoms with Crippen molar-refractivity contribution in [1.29, 1.82) is 0 Å². The summed E-state index contributed by atoms with van der Waals surface area (Å²) in [4.78, 5) is 2.36. The van der Waals surface area contributed by atoms with Crippen molar-refractivity contribution in [3.63, 3.8) is 0 Å². The third-order valence-corrected chi connectivity index (χ3v) is 3.38. The van der Waals surface area contributed by atoms with Gasteiger partial charge in [0.25, 0.3) is 0 Å². The fourth-order valence-corrected chi connectivity index (χ4v) is 2.34. The lowest BCUT2D eigenvalue weighted by Gasteiger charge is -2.27. The van der Waals surface area contributed by atoms with Gasteiger partial charge in [-0.1, -0.05) is 29.3 Å². The van der Waals surface area contributed by atoms with Crippen molar-refractivity contribution < 1.29 is 4.74 Å². The smallest absolute Gasteiger partial charge is 0.156 e. The van der Waals surface area contributed by atoms with E-state index in [1.807, 2.05) is 6.07 Å². The summed E-state index contributed by atoms with van der Waals surface area (Å²) in [6.45, 7) is 5.76. The molecule has 0 saturated carbocycles. The Bertz CT molecular complexity index is 352. The van der Waals surface area contributed by atoms with Gasteiger partial charge in [-0.2, -0.15) is 0 Å². The highest BCUT2D eigenvalue weighted by Crippen LogP contribution is 2.32. The third kappa shape index (κ3) is 5.94. The molecular weight excluding hydrogens is 330 g/mol. The predicted molar refractivity (Wildman–Crippen MR) is 85.8 cm³/mol. The maximum atomic E-state index is 6.02. The van der Waals surface area contributed by atoms with E-state index in [0.717, 1.165) is 32.7 Å². The van der Waals surface area contributed by atoms with Gasteiger partial charge < -0.3 is 10.1 Å². The lowest BCUT2D eigenvalue weighted by molar-refractivity contribution is 0.191. The van der Waals surface area contributed by atoms with Crippen LogP contribution in [0.25, 0.3) is 0 Å². The molecule has 1 saturated heterocycles. The second-order valence-electron chi connectivity index (χ2n) is 3.99. The molecule has 1 fully saturated rings. The quantitative estimate of drug-likeness (QED) is 0.905. The summed E-state index contributed by atoms with van der Waals surface area (Å²) in [5, 5.41) is 4.45. The van der Waals surface area contributed by atoms with Gasteiger partial charge in [0.05, 0.1) is 10.0 Å². The number of hydrogen-bond donors (Lipinski definition) is 1. The van der Waals surface area contributed by atoms with Gasteiger partial charge in [-0.25, -0.2) is 0 Å². The molecule has 1 heterocycles. The molecule has 2 rings (SSSR count). The van der Waals surface area contributed by atoms with Crippen LogP contribution in [0.2, 0.25) is 10.0 Å². The zero-order valence-electron chi connectivity index (χ0n) is 10.4.